The minimum atomic E-state index is -0.167. The first-order chi connectivity index (χ1) is 12.5. The molecule has 2 aliphatic rings. The maximum Gasteiger partial charge on any atom is 0.272 e. The van der Waals surface area contributed by atoms with Crippen LogP contribution in [0, 0.1) is 12.8 Å². The molecule has 0 spiro atoms. The molecule has 6 heteroatoms. The summed E-state index contributed by atoms with van der Waals surface area (Å²) in [7, 11) is 1.77. The number of likely N-dealkylation sites (tertiary alicyclic amines) is 1. The number of aryl methyl sites for hydroxylation is 2. The van der Waals surface area contributed by atoms with Gasteiger partial charge in [-0.2, -0.15) is 5.10 Å². The summed E-state index contributed by atoms with van der Waals surface area (Å²) >= 11 is 0. The quantitative estimate of drug-likeness (QED) is 0.832. The Hall–Kier alpha value is -2.63. The molecule has 1 saturated heterocycles. The van der Waals surface area contributed by atoms with Crippen molar-refractivity contribution in [3.8, 4) is 5.75 Å². The zero-order valence-corrected chi connectivity index (χ0v) is 15.1. The Bertz CT molecular complexity index is 858. The highest BCUT2D eigenvalue weighted by Gasteiger charge is 2.36. The Morgan fingerprint density at radius 3 is 2.92 bits per heavy atom. The Morgan fingerprint density at radius 1 is 1.31 bits per heavy atom. The molecular weight excluding hydrogens is 330 g/mol. The molecule has 136 valence electrons. The van der Waals surface area contributed by atoms with E-state index < -0.39 is 0 Å². The normalized spacial score (nSPS) is 22.7. The summed E-state index contributed by atoms with van der Waals surface area (Å²) in [5.41, 5.74) is 2.33. The van der Waals surface area contributed by atoms with E-state index in [-0.39, 0.29) is 23.7 Å². The van der Waals surface area contributed by atoms with Crippen LogP contribution in [-0.2, 0) is 7.05 Å². The van der Waals surface area contributed by atoms with E-state index >= 15 is 0 Å². The van der Waals surface area contributed by atoms with Crippen LogP contribution in [0.5, 0.6) is 5.75 Å². The Balaban J connectivity index is 1.50. The van der Waals surface area contributed by atoms with Gasteiger partial charge in [-0.1, -0.05) is 11.6 Å². The Labute approximate surface area is 152 Å². The monoisotopic (exact) mass is 353 g/mol. The molecule has 1 aromatic heterocycles. The van der Waals surface area contributed by atoms with E-state index in [1.807, 2.05) is 30.0 Å². The lowest BCUT2D eigenvalue weighted by atomic mass is 9.86. The zero-order chi connectivity index (χ0) is 18.3. The molecule has 1 amide bonds. The van der Waals surface area contributed by atoms with Crippen LogP contribution < -0.4 is 4.74 Å². The molecule has 2 aromatic rings. The molecule has 0 N–H and O–H groups in total. The summed E-state index contributed by atoms with van der Waals surface area (Å²) in [6.07, 6.45) is 3.74. The van der Waals surface area contributed by atoms with Crippen LogP contribution in [0.25, 0.3) is 0 Å². The van der Waals surface area contributed by atoms with Gasteiger partial charge < -0.3 is 9.64 Å². The summed E-state index contributed by atoms with van der Waals surface area (Å²) in [4.78, 5) is 27.2. The highest BCUT2D eigenvalue weighted by atomic mass is 16.5. The second kappa shape index (κ2) is 6.59. The van der Waals surface area contributed by atoms with Gasteiger partial charge in [0.2, 0.25) is 0 Å². The maximum absolute atomic E-state index is 12.8. The third-order valence-electron chi connectivity index (χ3n) is 5.41. The summed E-state index contributed by atoms with van der Waals surface area (Å²) in [6.45, 7) is 3.32. The lowest BCUT2D eigenvalue weighted by molar-refractivity contribution is 0.0403. The van der Waals surface area contributed by atoms with Crippen LogP contribution in [0.3, 0.4) is 0 Å². The number of ether oxygens (including phenoxy) is 1. The van der Waals surface area contributed by atoms with Crippen molar-refractivity contribution in [3.05, 3.63) is 47.3 Å². The molecule has 2 aliphatic heterocycles. The molecule has 4 rings (SSSR count). The predicted octanol–water partition coefficient (Wildman–Crippen LogP) is 2.61. The predicted molar refractivity (Wildman–Crippen MR) is 96.4 cm³/mol. The van der Waals surface area contributed by atoms with Gasteiger partial charge in [0.25, 0.3) is 5.91 Å². The van der Waals surface area contributed by atoms with E-state index in [1.165, 1.54) is 0 Å². The van der Waals surface area contributed by atoms with Gasteiger partial charge in [-0.25, -0.2) is 0 Å². The average Bonchev–Trinajstić information content (AvgIpc) is 3.07. The number of hydrogen-bond acceptors (Lipinski definition) is 4. The molecule has 0 bridgehead atoms. The minimum absolute atomic E-state index is 0.00661. The lowest BCUT2D eigenvalue weighted by Crippen LogP contribution is -2.46. The number of Topliss-reactive ketones (excluding diaryl/α,β-unsaturated/α-hetero) is 1. The van der Waals surface area contributed by atoms with E-state index in [0.717, 1.165) is 24.9 Å². The molecule has 0 saturated carbocycles. The molecule has 0 unspecified atom stereocenters. The number of nitrogens with zero attached hydrogens (tertiary/aromatic N) is 3. The topological polar surface area (TPSA) is 64.4 Å². The highest BCUT2D eigenvalue weighted by molar-refractivity contribution is 6.00. The van der Waals surface area contributed by atoms with Gasteiger partial charge in [0.05, 0.1) is 5.56 Å². The average molecular weight is 353 g/mol. The fourth-order valence-electron chi connectivity index (χ4n) is 3.97. The third-order valence-corrected chi connectivity index (χ3v) is 5.41. The van der Waals surface area contributed by atoms with E-state index in [0.29, 0.717) is 30.0 Å². The van der Waals surface area contributed by atoms with Crippen LogP contribution in [0.2, 0.25) is 0 Å². The van der Waals surface area contributed by atoms with Crippen molar-refractivity contribution in [3.63, 3.8) is 0 Å². The fourth-order valence-corrected chi connectivity index (χ4v) is 3.97. The summed E-state index contributed by atoms with van der Waals surface area (Å²) in [5, 5.41) is 4.08. The number of hydrogen-bond donors (Lipinski definition) is 0. The van der Waals surface area contributed by atoms with Crippen molar-refractivity contribution in [2.24, 2.45) is 13.0 Å². The van der Waals surface area contributed by atoms with Gasteiger partial charge in [-0.05, 0) is 38.0 Å². The standard InChI is InChI=1S/C20H23N3O3/c1-13-5-6-18-15(10-13)17(24)11-19(26-18)14-4-3-9-23(12-14)20(25)16-7-8-21-22(16)2/h5-8,10,14,19H,3-4,9,11-12H2,1-2H3/t14-,19+/m0/s1. The van der Waals surface area contributed by atoms with Gasteiger partial charge in [0.15, 0.2) is 5.78 Å². The molecule has 0 radical (unpaired) electrons. The van der Waals surface area contributed by atoms with Crippen LogP contribution in [0.15, 0.2) is 30.5 Å². The van der Waals surface area contributed by atoms with Crippen molar-refractivity contribution < 1.29 is 14.3 Å². The largest absolute Gasteiger partial charge is 0.489 e. The summed E-state index contributed by atoms with van der Waals surface area (Å²) in [6, 6.07) is 7.49. The molecule has 26 heavy (non-hydrogen) atoms. The number of amides is 1. The lowest BCUT2D eigenvalue weighted by Gasteiger charge is -2.38. The highest BCUT2D eigenvalue weighted by Crippen LogP contribution is 2.34. The summed E-state index contributed by atoms with van der Waals surface area (Å²) in [5.74, 6) is 0.967. The van der Waals surface area contributed by atoms with E-state index in [4.69, 9.17) is 4.74 Å². The number of aromatic nitrogens is 2. The van der Waals surface area contributed by atoms with Crippen LogP contribution in [-0.4, -0.2) is 45.6 Å². The first-order valence-corrected chi connectivity index (χ1v) is 9.10. The van der Waals surface area contributed by atoms with Crippen LogP contribution >= 0.6 is 0 Å². The first kappa shape index (κ1) is 16.8. The van der Waals surface area contributed by atoms with Crippen molar-refractivity contribution in [2.45, 2.75) is 32.3 Å². The number of carbonyl (C=O) groups excluding carboxylic acids is 2. The van der Waals surface area contributed by atoms with Gasteiger partial charge in [0.1, 0.15) is 17.5 Å². The molecule has 6 nitrogen and oxygen atoms in total. The van der Waals surface area contributed by atoms with Crippen LogP contribution in [0.1, 0.15) is 45.7 Å². The van der Waals surface area contributed by atoms with E-state index in [2.05, 4.69) is 5.10 Å². The van der Waals surface area contributed by atoms with Gasteiger partial charge >= 0.3 is 0 Å². The minimum Gasteiger partial charge on any atom is -0.489 e. The summed E-state index contributed by atoms with van der Waals surface area (Å²) < 4.78 is 7.77. The molecule has 1 aromatic carbocycles. The number of fused-ring (bicyclic) bond motifs is 1. The molecule has 1 fully saturated rings. The second-order valence-electron chi connectivity index (χ2n) is 7.28. The van der Waals surface area contributed by atoms with E-state index in [9.17, 15) is 9.59 Å². The smallest absolute Gasteiger partial charge is 0.272 e. The van der Waals surface area contributed by atoms with Gasteiger partial charge in [-0.3, -0.25) is 14.3 Å². The van der Waals surface area contributed by atoms with Crippen molar-refractivity contribution >= 4 is 11.7 Å². The number of benzene rings is 1. The Kier molecular flexibility index (Phi) is 4.26. The third kappa shape index (κ3) is 3.00. The molecule has 0 aliphatic carbocycles. The number of ketones is 1. The number of carbonyl (C=O) groups is 2. The molecule has 2 atom stereocenters. The first-order valence-electron chi connectivity index (χ1n) is 9.10. The zero-order valence-electron chi connectivity index (χ0n) is 15.1. The van der Waals surface area contributed by atoms with Crippen molar-refractivity contribution in [1.82, 2.24) is 14.7 Å². The second-order valence-corrected chi connectivity index (χ2v) is 7.28. The fraction of sp³-hybridized carbons (Fsp3) is 0.450. The van der Waals surface area contributed by atoms with Gasteiger partial charge in [-0.15, -0.1) is 0 Å². The van der Waals surface area contributed by atoms with Crippen molar-refractivity contribution in [2.75, 3.05) is 13.1 Å². The maximum atomic E-state index is 12.8. The Morgan fingerprint density at radius 2 is 2.15 bits per heavy atom. The van der Waals surface area contributed by atoms with Gasteiger partial charge in [0, 0.05) is 38.7 Å². The van der Waals surface area contributed by atoms with Crippen LogP contribution in [0.4, 0.5) is 0 Å². The molecule has 3 heterocycles. The SMILES string of the molecule is Cc1ccc2c(c1)C(=O)C[C@H]([C@H]1CCCN(C(=O)c3ccnn3C)C1)O2. The molecular formula is C20H23N3O3. The van der Waals surface area contributed by atoms with E-state index in [1.54, 1.807) is 24.0 Å². The van der Waals surface area contributed by atoms with Crippen molar-refractivity contribution in [1.29, 1.82) is 0 Å². The number of piperidine rings is 1. The number of rotatable bonds is 2.